The minimum Gasteiger partial charge on any atom is -0.497 e. The van der Waals surface area contributed by atoms with Crippen LogP contribution >= 0.6 is 0 Å². The summed E-state index contributed by atoms with van der Waals surface area (Å²) in [4.78, 5) is 11.0. The Morgan fingerprint density at radius 2 is 1.95 bits per heavy atom. The molecule has 2 aromatic carbocycles. The first-order chi connectivity index (χ1) is 10.7. The Bertz CT molecular complexity index is 744. The molecule has 3 rings (SSSR count). The number of carbonyl (C=O) groups is 1. The molecule has 0 heterocycles. The fraction of sp³-hybridized carbons (Fsp3) is 0.211. The van der Waals surface area contributed by atoms with E-state index in [-0.39, 0.29) is 0 Å². The van der Waals surface area contributed by atoms with Crippen molar-refractivity contribution in [3.8, 4) is 16.9 Å². The van der Waals surface area contributed by atoms with Crippen LogP contribution < -0.4 is 4.74 Å². The Morgan fingerprint density at radius 1 is 1.14 bits per heavy atom. The number of ether oxygens (including phenoxy) is 1. The van der Waals surface area contributed by atoms with E-state index >= 15 is 0 Å². The molecule has 3 nitrogen and oxygen atoms in total. The van der Waals surface area contributed by atoms with Crippen molar-refractivity contribution in [2.24, 2.45) is 0 Å². The molecule has 0 saturated carbocycles. The number of rotatable bonds is 3. The highest BCUT2D eigenvalue weighted by Gasteiger charge is 2.16. The van der Waals surface area contributed by atoms with Gasteiger partial charge in [-0.05, 0) is 65.3 Å². The van der Waals surface area contributed by atoms with Gasteiger partial charge in [-0.1, -0.05) is 24.3 Å². The second-order valence-corrected chi connectivity index (χ2v) is 5.47. The molecule has 22 heavy (non-hydrogen) atoms. The van der Waals surface area contributed by atoms with Gasteiger partial charge in [-0.2, -0.15) is 0 Å². The molecule has 0 atom stereocenters. The lowest BCUT2D eigenvalue weighted by Crippen LogP contribution is -2.04. The molecule has 112 valence electrons. The zero-order valence-electron chi connectivity index (χ0n) is 12.5. The Balaban J connectivity index is 2.07. The molecule has 0 amide bonds. The molecule has 0 radical (unpaired) electrons. The van der Waals surface area contributed by atoms with Gasteiger partial charge in [0.05, 0.1) is 7.11 Å². The zero-order chi connectivity index (χ0) is 15.5. The molecule has 0 bridgehead atoms. The van der Waals surface area contributed by atoms with E-state index in [2.05, 4.69) is 18.2 Å². The van der Waals surface area contributed by atoms with Crippen LogP contribution in [0, 0.1) is 0 Å². The molecular formula is C19H18O3. The number of aliphatic carboxylic acids is 1. The van der Waals surface area contributed by atoms with Gasteiger partial charge in [-0.15, -0.1) is 0 Å². The number of carboxylic acid groups (broad SMARTS) is 1. The van der Waals surface area contributed by atoms with E-state index in [1.807, 2.05) is 24.3 Å². The summed E-state index contributed by atoms with van der Waals surface area (Å²) in [7, 11) is 1.65. The molecular weight excluding hydrogens is 276 g/mol. The van der Waals surface area contributed by atoms with Crippen LogP contribution in [-0.4, -0.2) is 18.2 Å². The van der Waals surface area contributed by atoms with Gasteiger partial charge >= 0.3 is 5.97 Å². The van der Waals surface area contributed by atoms with Crippen LogP contribution in [0.1, 0.15) is 24.0 Å². The normalized spacial score (nSPS) is 15.4. The fourth-order valence-corrected chi connectivity index (χ4v) is 2.98. The third-order valence-electron chi connectivity index (χ3n) is 4.05. The van der Waals surface area contributed by atoms with E-state index in [4.69, 9.17) is 9.84 Å². The maximum atomic E-state index is 11.0. The number of carboxylic acids is 1. The monoisotopic (exact) mass is 294 g/mol. The van der Waals surface area contributed by atoms with Crippen molar-refractivity contribution < 1.29 is 14.6 Å². The molecule has 0 aromatic heterocycles. The molecule has 2 aromatic rings. The second-order valence-electron chi connectivity index (χ2n) is 5.47. The molecule has 0 spiro atoms. The Labute approximate surface area is 129 Å². The summed E-state index contributed by atoms with van der Waals surface area (Å²) in [6.45, 7) is 0. The number of aryl methyl sites for hydroxylation is 1. The number of methoxy groups -OCH3 is 1. The summed E-state index contributed by atoms with van der Waals surface area (Å²) in [5.74, 6) is -0.0637. The van der Waals surface area contributed by atoms with Gasteiger partial charge in [-0.3, -0.25) is 0 Å². The van der Waals surface area contributed by atoms with Crippen LogP contribution in [0.4, 0.5) is 0 Å². The molecule has 0 saturated heterocycles. The van der Waals surface area contributed by atoms with Crippen molar-refractivity contribution in [3.05, 3.63) is 59.7 Å². The molecule has 0 fully saturated rings. The van der Waals surface area contributed by atoms with Crippen LogP contribution in [0.25, 0.3) is 16.7 Å². The van der Waals surface area contributed by atoms with E-state index < -0.39 is 5.97 Å². The first kappa shape index (κ1) is 14.4. The number of allylic oxidation sites excluding steroid dienone is 1. The van der Waals surface area contributed by atoms with Gasteiger partial charge < -0.3 is 9.84 Å². The first-order valence-corrected chi connectivity index (χ1v) is 7.38. The fourth-order valence-electron chi connectivity index (χ4n) is 2.98. The summed E-state index contributed by atoms with van der Waals surface area (Å²) in [5.41, 5.74) is 5.36. The van der Waals surface area contributed by atoms with E-state index in [9.17, 15) is 4.79 Å². The number of hydrogen-bond acceptors (Lipinski definition) is 2. The molecule has 0 aliphatic heterocycles. The largest absolute Gasteiger partial charge is 0.497 e. The summed E-state index contributed by atoms with van der Waals surface area (Å²) in [5, 5.41) is 9.05. The summed E-state index contributed by atoms with van der Waals surface area (Å²) in [6, 6.07) is 14.2. The minimum atomic E-state index is -0.880. The molecule has 1 N–H and O–H groups in total. The predicted molar refractivity (Wildman–Crippen MR) is 87.0 cm³/mol. The third kappa shape index (κ3) is 2.89. The lowest BCUT2D eigenvalue weighted by atomic mass is 9.85. The van der Waals surface area contributed by atoms with Gasteiger partial charge in [0, 0.05) is 6.08 Å². The first-order valence-electron chi connectivity index (χ1n) is 7.38. The lowest BCUT2D eigenvalue weighted by Gasteiger charge is -2.20. The summed E-state index contributed by atoms with van der Waals surface area (Å²) < 4.78 is 5.27. The van der Waals surface area contributed by atoms with Gasteiger partial charge in [0.2, 0.25) is 0 Å². The quantitative estimate of drug-likeness (QED) is 0.864. The summed E-state index contributed by atoms with van der Waals surface area (Å²) in [6.07, 6.45) is 4.17. The molecule has 0 unspecified atom stereocenters. The van der Waals surface area contributed by atoms with Crippen molar-refractivity contribution in [3.63, 3.8) is 0 Å². The smallest absolute Gasteiger partial charge is 0.328 e. The van der Waals surface area contributed by atoms with Gasteiger partial charge in [0.1, 0.15) is 5.75 Å². The van der Waals surface area contributed by atoms with Gasteiger partial charge in [0.15, 0.2) is 0 Å². The maximum Gasteiger partial charge on any atom is 0.328 e. The molecule has 1 aliphatic carbocycles. The Hall–Kier alpha value is -2.55. The highest BCUT2D eigenvalue weighted by atomic mass is 16.5. The standard InChI is InChI=1S/C19H18O3/c1-22-17-7-3-5-14(10-17)15-9-8-13-4-2-6-16(12-19(20)21)18(13)11-15/h3,5,7-12H,2,4,6H2,1H3,(H,20,21)/b16-12+. The van der Waals surface area contributed by atoms with E-state index in [0.717, 1.165) is 47.3 Å². The summed E-state index contributed by atoms with van der Waals surface area (Å²) >= 11 is 0. The minimum absolute atomic E-state index is 0.816. The second kappa shape index (κ2) is 6.06. The third-order valence-corrected chi connectivity index (χ3v) is 4.05. The van der Waals surface area contributed by atoms with Crippen LogP contribution in [0.5, 0.6) is 5.75 Å². The topological polar surface area (TPSA) is 46.5 Å². The number of hydrogen-bond donors (Lipinski definition) is 1. The van der Waals surface area contributed by atoms with Crippen LogP contribution in [-0.2, 0) is 11.2 Å². The highest BCUT2D eigenvalue weighted by Crippen LogP contribution is 2.34. The van der Waals surface area contributed by atoms with Crippen LogP contribution in [0.15, 0.2) is 48.5 Å². The van der Waals surface area contributed by atoms with E-state index in [1.54, 1.807) is 7.11 Å². The van der Waals surface area contributed by atoms with E-state index in [0.29, 0.717) is 0 Å². The number of benzene rings is 2. The predicted octanol–water partition coefficient (Wildman–Crippen LogP) is 4.17. The average Bonchev–Trinajstić information content (AvgIpc) is 2.54. The Kier molecular flexibility index (Phi) is 3.96. The zero-order valence-corrected chi connectivity index (χ0v) is 12.5. The van der Waals surface area contributed by atoms with Crippen molar-refractivity contribution in [2.75, 3.05) is 7.11 Å². The van der Waals surface area contributed by atoms with Gasteiger partial charge in [-0.25, -0.2) is 4.79 Å². The van der Waals surface area contributed by atoms with Crippen LogP contribution in [0.3, 0.4) is 0 Å². The lowest BCUT2D eigenvalue weighted by molar-refractivity contribution is -0.131. The highest BCUT2D eigenvalue weighted by molar-refractivity contribution is 5.91. The SMILES string of the molecule is COc1cccc(-c2ccc3c(c2)/C(=C/C(=O)O)CCC3)c1. The van der Waals surface area contributed by atoms with Gasteiger partial charge in [0.25, 0.3) is 0 Å². The van der Waals surface area contributed by atoms with Crippen molar-refractivity contribution in [1.82, 2.24) is 0 Å². The van der Waals surface area contributed by atoms with Crippen molar-refractivity contribution in [1.29, 1.82) is 0 Å². The van der Waals surface area contributed by atoms with E-state index in [1.165, 1.54) is 11.6 Å². The Morgan fingerprint density at radius 3 is 2.73 bits per heavy atom. The van der Waals surface area contributed by atoms with Crippen molar-refractivity contribution in [2.45, 2.75) is 19.3 Å². The molecule has 3 heteroatoms. The molecule has 1 aliphatic rings. The number of fused-ring (bicyclic) bond motifs is 1. The maximum absolute atomic E-state index is 11.0. The average molecular weight is 294 g/mol. The van der Waals surface area contributed by atoms with Crippen LogP contribution in [0.2, 0.25) is 0 Å². The van der Waals surface area contributed by atoms with Crippen molar-refractivity contribution >= 4 is 11.5 Å².